The van der Waals surface area contributed by atoms with Crippen LogP contribution in [0, 0.1) is 6.92 Å². The number of carbonyl (C=O) groups is 1. The quantitative estimate of drug-likeness (QED) is 0.583. The van der Waals surface area contributed by atoms with E-state index in [2.05, 4.69) is 26.4 Å². The van der Waals surface area contributed by atoms with Gasteiger partial charge < -0.3 is 19.3 Å². The molecule has 0 saturated carbocycles. The number of amides is 1. The molecule has 3 aromatic rings. The number of rotatable bonds is 6. The van der Waals surface area contributed by atoms with Crippen LogP contribution in [0.4, 0.5) is 0 Å². The Morgan fingerprint density at radius 3 is 2.29 bits per heavy atom. The highest BCUT2D eigenvalue weighted by atomic mass is 79.9. The summed E-state index contributed by atoms with van der Waals surface area (Å²) in [6.07, 6.45) is 0. The van der Waals surface area contributed by atoms with E-state index in [4.69, 9.17) is 14.0 Å². The van der Waals surface area contributed by atoms with Crippen LogP contribution in [0.2, 0.25) is 0 Å². The van der Waals surface area contributed by atoms with E-state index in [1.807, 2.05) is 31.2 Å². The molecule has 0 spiro atoms. The number of halogens is 1. The molecule has 6 nitrogen and oxygen atoms in total. The van der Waals surface area contributed by atoms with Crippen molar-refractivity contribution in [2.45, 2.75) is 19.9 Å². The molecule has 0 aliphatic heterocycles. The molecular formula is C21H21BrN2O4. The molecule has 0 aliphatic carbocycles. The maximum absolute atomic E-state index is 13.0. The molecule has 1 amide bonds. The summed E-state index contributed by atoms with van der Waals surface area (Å²) in [5.74, 6) is 1.30. The number of ether oxygens (including phenoxy) is 2. The minimum absolute atomic E-state index is 0.178. The van der Waals surface area contributed by atoms with Gasteiger partial charge in [-0.2, -0.15) is 0 Å². The molecule has 3 rings (SSSR count). The minimum Gasteiger partial charge on any atom is -0.497 e. The lowest BCUT2D eigenvalue weighted by Gasteiger charge is -2.15. The molecule has 0 aliphatic rings. The highest BCUT2D eigenvalue weighted by molar-refractivity contribution is 9.10. The molecule has 1 N–H and O–H groups in total. The number of aryl methyl sites for hydroxylation is 1. The third-order valence-corrected chi connectivity index (χ3v) is 4.95. The van der Waals surface area contributed by atoms with Gasteiger partial charge in [-0.05, 0) is 43.7 Å². The van der Waals surface area contributed by atoms with E-state index in [1.165, 1.54) is 0 Å². The molecule has 0 radical (unpaired) electrons. The smallest absolute Gasteiger partial charge is 0.257 e. The second kappa shape index (κ2) is 8.48. The van der Waals surface area contributed by atoms with Crippen LogP contribution in [0.5, 0.6) is 11.5 Å². The number of nitrogens with zero attached hydrogens (tertiary/aromatic N) is 1. The summed E-state index contributed by atoms with van der Waals surface area (Å²) in [4.78, 5) is 13.0. The second-order valence-corrected chi connectivity index (χ2v) is 7.24. The Morgan fingerprint density at radius 2 is 1.71 bits per heavy atom. The molecule has 146 valence electrons. The van der Waals surface area contributed by atoms with Crippen molar-refractivity contribution in [1.29, 1.82) is 0 Å². The maximum Gasteiger partial charge on any atom is 0.257 e. The topological polar surface area (TPSA) is 73.6 Å². The highest BCUT2D eigenvalue weighted by Gasteiger charge is 2.24. The van der Waals surface area contributed by atoms with E-state index in [0.29, 0.717) is 34.1 Å². The van der Waals surface area contributed by atoms with Crippen LogP contribution in [-0.2, 0) is 0 Å². The van der Waals surface area contributed by atoms with Gasteiger partial charge in [0.15, 0.2) is 5.76 Å². The van der Waals surface area contributed by atoms with Crippen molar-refractivity contribution in [3.05, 3.63) is 63.8 Å². The molecule has 2 aromatic carbocycles. The first-order valence-corrected chi connectivity index (χ1v) is 9.48. The van der Waals surface area contributed by atoms with Crippen molar-refractivity contribution < 1.29 is 18.8 Å². The van der Waals surface area contributed by atoms with E-state index in [0.717, 1.165) is 10.0 Å². The molecule has 0 fully saturated rings. The lowest BCUT2D eigenvalue weighted by atomic mass is 10.0. The fourth-order valence-electron chi connectivity index (χ4n) is 2.88. The molecule has 1 heterocycles. The van der Waals surface area contributed by atoms with E-state index in [1.54, 1.807) is 39.3 Å². The Bertz CT molecular complexity index is 960. The van der Waals surface area contributed by atoms with Crippen LogP contribution in [0.25, 0.3) is 11.3 Å². The lowest BCUT2D eigenvalue weighted by molar-refractivity contribution is 0.0939. The number of carbonyl (C=O) groups excluding carboxylic acids is 1. The zero-order valence-corrected chi connectivity index (χ0v) is 17.7. The lowest BCUT2D eigenvalue weighted by Crippen LogP contribution is -2.27. The summed E-state index contributed by atoms with van der Waals surface area (Å²) < 4.78 is 17.1. The molecule has 0 saturated heterocycles. The summed E-state index contributed by atoms with van der Waals surface area (Å²) in [5.41, 5.74) is 2.55. The fraction of sp³-hybridized carbons (Fsp3) is 0.238. The van der Waals surface area contributed by atoms with Gasteiger partial charge in [0.2, 0.25) is 0 Å². The van der Waals surface area contributed by atoms with Crippen molar-refractivity contribution in [3.63, 3.8) is 0 Å². The van der Waals surface area contributed by atoms with Gasteiger partial charge in [-0.25, -0.2) is 0 Å². The Balaban J connectivity index is 1.92. The number of hydrogen-bond donors (Lipinski definition) is 1. The highest BCUT2D eigenvalue weighted by Crippen LogP contribution is 2.33. The first-order chi connectivity index (χ1) is 13.4. The first-order valence-electron chi connectivity index (χ1n) is 8.69. The number of methoxy groups -OCH3 is 2. The molecule has 28 heavy (non-hydrogen) atoms. The van der Waals surface area contributed by atoms with Gasteiger partial charge in [-0.1, -0.05) is 33.2 Å². The zero-order chi connectivity index (χ0) is 20.3. The van der Waals surface area contributed by atoms with Crippen LogP contribution < -0.4 is 14.8 Å². The van der Waals surface area contributed by atoms with Crippen LogP contribution in [0.3, 0.4) is 0 Å². The number of aromatic nitrogens is 1. The fourth-order valence-corrected chi connectivity index (χ4v) is 3.14. The van der Waals surface area contributed by atoms with Crippen molar-refractivity contribution in [2.75, 3.05) is 14.2 Å². The van der Waals surface area contributed by atoms with Gasteiger partial charge in [0.05, 0.1) is 26.0 Å². The predicted molar refractivity (Wildman–Crippen MR) is 110 cm³/mol. The molecule has 0 bridgehead atoms. The maximum atomic E-state index is 13.0. The number of benzene rings is 2. The molecule has 1 aromatic heterocycles. The Hall–Kier alpha value is -2.80. The van der Waals surface area contributed by atoms with Crippen molar-refractivity contribution in [1.82, 2.24) is 10.5 Å². The van der Waals surface area contributed by atoms with Crippen LogP contribution in [0.15, 0.2) is 51.5 Å². The van der Waals surface area contributed by atoms with E-state index < -0.39 is 0 Å². The van der Waals surface area contributed by atoms with E-state index >= 15 is 0 Å². The first kappa shape index (κ1) is 19.9. The third-order valence-electron chi connectivity index (χ3n) is 4.42. The summed E-state index contributed by atoms with van der Waals surface area (Å²) in [5, 5.41) is 7.00. The van der Waals surface area contributed by atoms with Gasteiger partial charge in [0.25, 0.3) is 5.91 Å². The van der Waals surface area contributed by atoms with E-state index in [-0.39, 0.29) is 11.9 Å². The van der Waals surface area contributed by atoms with Crippen molar-refractivity contribution >= 4 is 21.8 Å². The summed E-state index contributed by atoms with van der Waals surface area (Å²) in [7, 11) is 3.13. The van der Waals surface area contributed by atoms with E-state index in [9.17, 15) is 4.79 Å². The second-order valence-electron chi connectivity index (χ2n) is 6.32. The predicted octanol–water partition coefficient (Wildman–Crippen LogP) is 4.92. The average Bonchev–Trinajstić information content (AvgIpc) is 3.09. The normalized spacial score (nSPS) is 11.8. The Labute approximate surface area is 172 Å². The monoisotopic (exact) mass is 444 g/mol. The van der Waals surface area contributed by atoms with Gasteiger partial charge in [-0.3, -0.25) is 4.79 Å². The third kappa shape index (κ3) is 4.20. The molecule has 7 heteroatoms. The average molecular weight is 445 g/mol. The minimum atomic E-state index is -0.258. The Kier molecular flexibility index (Phi) is 6.04. The van der Waals surface area contributed by atoms with Crippen LogP contribution in [-0.4, -0.2) is 25.3 Å². The van der Waals surface area contributed by atoms with Gasteiger partial charge in [0.1, 0.15) is 17.1 Å². The number of nitrogens with one attached hydrogen (secondary N) is 1. The largest absolute Gasteiger partial charge is 0.497 e. The number of hydrogen-bond acceptors (Lipinski definition) is 5. The summed E-state index contributed by atoms with van der Waals surface area (Å²) in [6.45, 7) is 3.67. The molecule has 0 unspecified atom stereocenters. The van der Waals surface area contributed by atoms with Gasteiger partial charge >= 0.3 is 0 Å². The van der Waals surface area contributed by atoms with Gasteiger partial charge in [-0.15, -0.1) is 0 Å². The van der Waals surface area contributed by atoms with Crippen LogP contribution in [0.1, 0.15) is 34.6 Å². The zero-order valence-electron chi connectivity index (χ0n) is 16.1. The SMILES string of the molecule is COc1cc(OC)cc(-c2onc(C)c2C(=O)N[C@H](C)c2ccc(Br)cc2)c1. The molecule has 1 atom stereocenters. The van der Waals surface area contributed by atoms with Crippen molar-refractivity contribution in [2.24, 2.45) is 0 Å². The van der Waals surface area contributed by atoms with Crippen LogP contribution >= 0.6 is 15.9 Å². The summed E-state index contributed by atoms with van der Waals surface area (Å²) in [6, 6.07) is 12.9. The Morgan fingerprint density at radius 1 is 1.11 bits per heavy atom. The van der Waals surface area contributed by atoms with Crippen molar-refractivity contribution in [3.8, 4) is 22.8 Å². The summed E-state index contributed by atoms with van der Waals surface area (Å²) >= 11 is 3.42. The standard InChI is InChI=1S/C21H21BrN2O4/c1-12(14-5-7-16(22)8-6-14)23-21(25)19-13(2)24-28-20(19)15-9-17(26-3)11-18(10-15)27-4/h5-12H,1-4H3,(H,23,25)/t12-/m1/s1. The molecular weight excluding hydrogens is 424 g/mol. The van der Waals surface area contributed by atoms with Gasteiger partial charge in [0, 0.05) is 16.1 Å².